The highest BCUT2D eigenvalue weighted by Crippen LogP contribution is 2.25. The van der Waals surface area contributed by atoms with Crippen LogP contribution in [0.4, 0.5) is 0 Å². The third-order valence-corrected chi connectivity index (χ3v) is 3.13. The molecule has 2 aromatic rings. The molecule has 2 aromatic carbocycles. The first kappa shape index (κ1) is 11.4. The van der Waals surface area contributed by atoms with Crippen LogP contribution in [-0.4, -0.2) is 0 Å². The number of nitrogens with zero attached hydrogens (tertiary/aromatic N) is 1. The quantitative estimate of drug-likeness (QED) is 0.753. The lowest BCUT2D eigenvalue weighted by Crippen LogP contribution is -1.98. The van der Waals surface area contributed by atoms with Crippen LogP contribution < -0.4 is 0 Å². The Kier molecular flexibility index (Phi) is 3.25. The van der Waals surface area contributed by atoms with Crippen LogP contribution in [0.15, 0.2) is 48.5 Å². The fourth-order valence-electron chi connectivity index (χ4n) is 1.93. The topological polar surface area (TPSA) is 23.8 Å². The van der Waals surface area contributed by atoms with Gasteiger partial charge in [-0.2, -0.15) is 5.26 Å². The van der Waals surface area contributed by atoms with E-state index in [1.54, 1.807) is 0 Å². The summed E-state index contributed by atoms with van der Waals surface area (Å²) in [5.41, 5.74) is 4.62. The third-order valence-electron chi connectivity index (χ3n) is 3.13. The molecule has 0 bridgehead atoms. The van der Waals surface area contributed by atoms with Gasteiger partial charge in [-0.3, -0.25) is 0 Å². The summed E-state index contributed by atoms with van der Waals surface area (Å²) in [6.07, 6.45) is 0. The standard InChI is InChI=1S/C16H15N/c1-12-8-9-15(10-13(12)2)16(11-17)14-6-4-3-5-7-14/h3-10,16H,1-2H3. The van der Waals surface area contributed by atoms with E-state index in [2.05, 4.69) is 32.0 Å². The molecule has 0 radical (unpaired) electrons. The van der Waals surface area contributed by atoms with Gasteiger partial charge in [0.1, 0.15) is 0 Å². The molecule has 0 aliphatic heterocycles. The first-order valence-corrected chi connectivity index (χ1v) is 5.74. The van der Waals surface area contributed by atoms with Crippen molar-refractivity contribution in [3.05, 3.63) is 70.8 Å². The highest BCUT2D eigenvalue weighted by molar-refractivity contribution is 5.41. The average molecular weight is 221 g/mol. The van der Waals surface area contributed by atoms with Crippen molar-refractivity contribution in [1.29, 1.82) is 5.26 Å². The van der Waals surface area contributed by atoms with Gasteiger partial charge in [-0.05, 0) is 36.1 Å². The number of aryl methyl sites for hydroxylation is 2. The van der Waals surface area contributed by atoms with Crippen molar-refractivity contribution >= 4 is 0 Å². The first-order valence-electron chi connectivity index (χ1n) is 5.74. The molecular formula is C16H15N. The molecule has 17 heavy (non-hydrogen) atoms. The minimum Gasteiger partial charge on any atom is -0.197 e. The summed E-state index contributed by atoms with van der Waals surface area (Å²) in [5.74, 6) is -0.171. The first-order chi connectivity index (χ1) is 8.22. The van der Waals surface area contributed by atoms with Gasteiger partial charge < -0.3 is 0 Å². The zero-order chi connectivity index (χ0) is 12.3. The Bertz CT molecular complexity index is 549. The van der Waals surface area contributed by atoms with Gasteiger partial charge in [0.25, 0.3) is 0 Å². The molecule has 0 aliphatic rings. The molecule has 0 heterocycles. The van der Waals surface area contributed by atoms with E-state index in [0.29, 0.717) is 0 Å². The molecule has 0 saturated carbocycles. The lowest BCUT2D eigenvalue weighted by Gasteiger charge is -2.11. The summed E-state index contributed by atoms with van der Waals surface area (Å²) in [4.78, 5) is 0. The Morgan fingerprint density at radius 2 is 1.59 bits per heavy atom. The molecule has 0 aromatic heterocycles. The second-order valence-electron chi connectivity index (χ2n) is 4.32. The van der Waals surface area contributed by atoms with E-state index in [4.69, 9.17) is 0 Å². The van der Waals surface area contributed by atoms with E-state index in [1.807, 2.05) is 36.4 Å². The van der Waals surface area contributed by atoms with E-state index in [-0.39, 0.29) is 5.92 Å². The zero-order valence-electron chi connectivity index (χ0n) is 10.1. The van der Waals surface area contributed by atoms with Crippen LogP contribution in [0.1, 0.15) is 28.2 Å². The van der Waals surface area contributed by atoms with Crippen molar-refractivity contribution in [2.45, 2.75) is 19.8 Å². The van der Waals surface area contributed by atoms with Crippen molar-refractivity contribution in [1.82, 2.24) is 0 Å². The Morgan fingerprint density at radius 1 is 0.882 bits per heavy atom. The predicted molar refractivity (Wildman–Crippen MR) is 69.8 cm³/mol. The van der Waals surface area contributed by atoms with Crippen molar-refractivity contribution in [2.24, 2.45) is 0 Å². The Labute approximate surface area is 102 Å². The maximum atomic E-state index is 9.34. The van der Waals surface area contributed by atoms with E-state index in [1.165, 1.54) is 11.1 Å². The molecule has 0 aliphatic carbocycles. The Morgan fingerprint density at radius 3 is 2.18 bits per heavy atom. The average Bonchev–Trinajstić information content (AvgIpc) is 2.36. The number of hydrogen-bond acceptors (Lipinski definition) is 1. The minimum absolute atomic E-state index is 0.171. The summed E-state index contributed by atoms with van der Waals surface area (Å²) in [6.45, 7) is 4.17. The summed E-state index contributed by atoms with van der Waals surface area (Å²) in [5, 5.41) is 9.34. The van der Waals surface area contributed by atoms with E-state index < -0.39 is 0 Å². The number of benzene rings is 2. The lowest BCUT2D eigenvalue weighted by molar-refractivity contribution is 1.03. The lowest BCUT2D eigenvalue weighted by atomic mass is 9.91. The predicted octanol–water partition coefficient (Wildman–Crippen LogP) is 3.96. The van der Waals surface area contributed by atoms with Gasteiger partial charge in [-0.15, -0.1) is 0 Å². The largest absolute Gasteiger partial charge is 0.197 e. The van der Waals surface area contributed by atoms with Crippen LogP contribution >= 0.6 is 0 Å². The second kappa shape index (κ2) is 4.84. The molecule has 84 valence electrons. The maximum Gasteiger partial charge on any atom is 0.0962 e. The molecule has 0 N–H and O–H groups in total. The minimum atomic E-state index is -0.171. The van der Waals surface area contributed by atoms with Gasteiger partial charge in [-0.25, -0.2) is 0 Å². The van der Waals surface area contributed by atoms with Gasteiger partial charge in [0, 0.05) is 0 Å². The molecular weight excluding hydrogens is 206 g/mol. The van der Waals surface area contributed by atoms with Gasteiger partial charge in [0.05, 0.1) is 12.0 Å². The highest BCUT2D eigenvalue weighted by Gasteiger charge is 2.13. The molecule has 0 saturated heterocycles. The van der Waals surface area contributed by atoms with Crippen LogP contribution in [0.2, 0.25) is 0 Å². The third kappa shape index (κ3) is 2.37. The molecule has 0 amide bonds. The summed E-state index contributed by atoms with van der Waals surface area (Å²) in [6, 6.07) is 18.5. The molecule has 1 atom stereocenters. The van der Waals surface area contributed by atoms with Crippen molar-refractivity contribution in [3.8, 4) is 6.07 Å². The summed E-state index contributed by atoms with van der Waals surface area (Å²) < 4.78 is 0. The Hall–Kier alpha value is -2.07. The smallest absolute Gasteiger partial charge is 0.0962 e. The fourth-order valence-corrected chi connectivity index (χ4v) is 1.93. The van der Waals surface area contributed by atoms with Crippen molar-refractivity contribution in [2.75, 3.05) is 0 Å². The van der Waals surface area contributed by atoms with E-state index >= 15 is 0 Å². The highest BCUT2D eigenvalue weighted by atomic mass is 14.3. The van der Waals surface area contributed by atoms with Crippen molar-refractivity contribution in [3.63, 3.8) is 0 Å². The van der Waals surface area contributed by atoms with Gasteiger partial charge in [0.15, 0.2) is 0 Å². The van der Waals surface area contributed by atoms with Gasteiger partial charge in [0.2, 0.25) is 0 Å². The van der Waals surface area contributed by atoms with Crippen LogP contribution in [0.3, 0.4) is 0 Å². The molecule has 1 heteroatoms. The SMILES string of the molecule is Cc1ccc(C(C#N)c2ccccc2)cc1C. The van der Waals surface area contributed by atoms with Crippen LogP contribution in [0.25, 0.3) is 0 Å². The normalized spacial score (nSPS) is 11.8. The molecule has 0 fully saturated rings. The second-order valence-corrected chi connectivity index (χ2v) is 4.32. The van der Waals surface area contributed by atoms with E-state index in [9.17, 15) is 5.26 Å². The summed E-state index contributed by atoms with van der Waals surface area (Å²) >= 11 is 0. The number of nitriles is 1. The van der Waals surface area contributed by atoms with Gasteiger partial charge >= 0.3 is 0 Å². The van der Waals surface area contributed by atoms with Crippen LogP contribution in [0.5, 0.6) is 0 Å². The van der Waals surface area contributed by atoms with Crippen LogP contribution in [0, 0.1) is 25.2 Å². The maximum absolute atomic E-state index is 9.34. The Balaban J connectivity index is 2.44. The van der Waals surface area contributed by atoms with Gasteiger partial charge in [-0.1, -0.05) is 48.5 Å². The molecule has 2 rings (SSSR count). The molecule has 1 unspecified atom stereocenters. The fraction of sp³-hybridized carbons (Fsp3) is 0.188. The monoisotopic (exact) mass is 221 g/mol. The molecule has 1 nitrogen and oxygen atoms in total. The summed E-state index contributed by atoms with van der Waals surface area (Å²) in [7, 11) is 0. The number of rotatable bonds is 2. The zero-order valence-corrected chi connectivity index (χ0v) is 10.1. The molecule has 0 spiro atoms. The van der Waals surface area contributed by atoms with Crippen molar-refractivity contribution < 1.29 is 0 Å². The van der Waals surface area contributed by atoms with Crippen LogP contribution in [-0.2, 0) is 0 Å². The van der Waals surface area contributed by atoms with E-state index in [0.717, 1.165) is 11.1 Å². The number of hydrogen-bond donors (Lipinski definition) is 0.